The first kappa shape index (κ1) is 13.7. The van der Waals surface area contributed by atoms with E-state index in [1.807, 2.05) is 0 Å². The van der Waals surface area contributed by atoms with Gasteiger partial charge in [-0.2, -0.15) is 0 Å². The summed E-state index contributed by atoms with van der Waals surface area (Å²) in [7, 11) is 0. The zero-order chi connectivity index (χ0) is 14.0. The van der Waals surface area contributed by atoms with E-state index in [4.69, 9.17) is 9.94 Å². The third kappa shape index (κ3) is 2.91. The van der Waals surface area contributed by atoms with E-state index < -0.39 is 6.16 Å². The highest BCUT2D eigenvalue weighted by atomic mass is 16.7. The van der Waals surface area contributed by atoms with Crippen LogP contribution in [0.5, 0.6) is 0 Å². The SMILES string of the molecule is O=C(O)OC1=NOC2(CCC(C3CCCCC3)CC2)C1. The van der Waals surface area contributed by atoms with E-state index in [2.05, 4.69) is 9.89 Å². The number of nitrogens with zero attached hydrogens (tertiary/aromatic N) is 1. The lowest BCUT2D eigenvalue weighted by atomic mass is 9.69. The van der Waals surface area contributed by atoms with Crippen molar-refractivity contribution in [1.29, 1.82) is 0 Å². The number of hydrogen-bond acceptors (Lipinski definition) is 4. The van der Waals surface area contributed by atoms with Crippen LogP contribution in [-0.4, -0.2) is 22.8 Å². The van der Waals surface area contributed by atoms with Crippen LogP contribution in [-0.2, 0) is 9.57 Å². The Morgan fingerprint density at radius 1 is 1.15 bits per heavy atom. The third-order valence-electron chi connectivity index (χ3n) is 5.28. The zero-order valence-electron chi connectivity index (χ0n) is 11.8. The summed E-state index contributed by atoms with van der Waals surface area (Å²) in [5, 5.41) is 12.4. The molecule has 0 aromatic carbocycles. The Balaban J connectivity index is 1.50. The van der Waals surface area contributed by atoms with Gasteiger partial charge in [0.25, 0.3) is 0 Å². The molecule has 0 saturated heterocycles. The molecule has 3 rings (SSSR count). The summed E-state index contributed by atoms with van der Waals surface area (Å²) in [6, 6.07) is 0. The van der Waals surface area contributed by atoms with E-state index in [1.165, 1.54) is 44.9 Å². The molecular formula is C15H23NO4. The molecule has 2 aliphatic carbocycles. The fourth-order valence-electron chi connectivity index (χ4n) is 4.15. The largest absolute Gasteiger partial charge is 0.512 e. The number of carboxylic acid groups (broad SMARTS) is 1. The molecule has 0 bridgehead atoms. The van der Waals surface area contributed by atoms with Crippen molar-refractivity contribution in [1.82, 2.24) is 0 Å². The number of hydrogen-bond donors (Lipinski definition) is 1. The quantitative estimate of drug-likeness (QED) is 0.739. The van der Waals surface area contributed by atoms with Crippen LogP contribution >= 0.6 is 0 Å². The Morgan fingerprint density at radius 3 is 2.45 bits per heavy atom. The minimum atomic E-state index is -1.31. The van der Waals surface area contributed by atoms with Gasteiger partial charge in [0.05, 0.1) is 6.42 Å². The predicted octanol–water partition coefficient (Wildman–Crippen LogP) is 3.92. The molecule has 20 heavy (non-hydrogen) atoms. The molecule has 112 valence electrons. The summed E-state index contributed by atoms with van der Waals surface area (Å²) in [5.41, 5.74) is -0.282. The van der Waals surface area contributed by atoms with Crippen molar-refractivity contribution in [2.24, 2.45) is 17.0 Å². The smallest absolute Gasteiger partial charge is 0.449 e. The number of carbonyl (C=O) groups is 1. The average Bonchev–Trinajstić information content (AvgIpc) is 2.82. The van der Waals surface area contributed by atoms with Gasteiger partial charge in [0, 0.05) is 0 Å². The Kier molecular flexibility index (Phi) is 3.85. The summed E-state index contributed by atoms with van der Waals surface area (Å²) in [4.78, 5) is 16.1. The standard InChI is InChI=1S/C15H23NO4/c17-14(18)19-13-10-15(20-16-13)8-6-12(7-9-15)11-4-2-1-3-5-11/h11-12H,1-10H2,(H,17,18). The fourth-order valence-corrected chi connectivity index (χ4v) is 4.15. The number of rotatable bonds is 1. The fraction of sp³-hybridized carbons (Fsp3) is 0.867. The highest BCUT2D eigenvalue weighted by molar-refractivity contribution is 5.86. The molecule has 0 aromatic rings. The lowest BCUT2D eigenvalue weighted by Crippen LogP contribution is -2.36. The van der Waals surface area contributed by atoms with Crippen LogP contribution in [0.1, 0.15) is 64.2 Å². The molecule has 5 heteroatoms. The lowest BCUT2D eigenvalue weighted by Gasteiger charge is -2.39. The van der Waals surface area contributed by atoms with Crippen molar-refractivity contribution >= 4 is 12.1 Å². The molecule has 1 aliphatic heterocycles. The van der Waals surface area contributed by atoms with E-state index >= 15 is 0 Å². The van der Waals surface area contributed by atoms with Crippen LogP contribution in [0.2, 0.25) is 0 Å². The summed E-state index contributed by atoms with van der Waals surface area (Å²) in [6.07, 6.45) is 10.5. The summed E-state index contributed by atoms with van der Waals surface area (Å²) < 4.78 is 4.62. The average molecular weight is 281 g/mol. The van der Waals surface area contributed by atoms with Gasteiger partial charge < -0.3 is 14.7 Å². The maximum atomic E-state index is 10.5. The Bertz CT molecular complexity index is 393. The lowest BCUT2D eigenvalue weighted by molar-refractivity contribution is -0.0607. The maximum absolute atomic E-state index is 10.5. The van der Waals surface area contributed by atoms with E-state index in [-0.39, 0.29) is 11.5 Å². The molecule has 0 aromatic heterocycles. The van der Waals surface area contributed by atoms with Crippen molar-refractivity contribution in [2.45, 2.75) is 69.8 Å². The predicted molar refractivity (Wildman–Crippen MR) is 73.5 cm³/mol. The summed E-state index contributed by atoms with van der Waals surface area (Å²) >= 11 is 0. The van der Waals surface area contributed by atoms with Gasteiger partial charge in [-0.15, -0.1) is 0 Å². The van der Waals surface area contributed by atoms with Crippen LogP contribution in [0.3, 0.4) is 0 Å². The Morgan fingerprint density at radius 2 is 1.80 bits per heavy atom. The molecule has 0 atom stereocenters. The normalized spacial score (nSPS) is 34.6. The van der Waals surface area contributed by atoms with Gasteiger partial charge in [-0.25, -0.2) is 4.79 Å². The highest BCUT2D eigenvalue weighted by Crippen LogP contribution is 2.45. The molecule has 0 radical (unpaired) electrons. The van der Waals surface area contributed by atoms with E-state index in [1.54, 1.807) is 0 Å². The van der Waals surface area contributed by atoms with E-state index in [0.717, 1.165) is 24.7 Å². The van der Waals surface area contributed by atoms with Crippen molar-refractivity contribution in [3.05, 3.63) is 0 Å². The van der Waals surface area contributed by atoms with Crippen molar-refractivity contribution in [2.75, 3.05) is 0 Å². The molecular weight excluding hydrogens is 258 g/mol. The molecule has 5 nitrogen and oxygen atoms in total. The minimum Gasteiger partial charge on any atom is -0.449 e. The third-order valence-corrected chi connectivity index (χ3v) is 5.28. The Labute approximate surface area is 119 Å². The van der Waals surface area contributed by atoms with Crippen LogP contribution in [0.15, 0.2) is 5.16 Å². The van der Waals surface area contributed by atoms with Crippen LogP contribution in [0, 0.1) is 11.8 Å². The first-order valence-corrected chi connectivity index (χ1v) is 7.83. The topological polar surface area (TPSA) is 68.1 Å². The van der Waals surface area contributed by atoms with Crippen LogP contribution < -0.4 is 0 Å². The van der Waals surface area contributed by atoms with Gasteiger partial charge >= 0.3 is 6.16 Å². The monoisotopic (exact) mass is 281 g/mol. The molecule has 1 spiro atoms. The van der Waals surface area contributed by atoms with Crippen LogP contribution in [0.4, 0.5) is 4.79 Å². The molecule has 2 saturated carbocycles. The molecule has 2 fully saturated rings. The first-order chi connectivity index (χ1) is 9.67. The van der Waals surface area contributed by atoms with Gasteiger partial charge in [-0.1, -0.05) is 37.3 Å². The summed E-state index contributed by atoms with van der Waals surface area (Å²) in [6.45, 7) is 0. The van der Waals surface area contributed by atoms with Gasteiger partial charge in [-0.3, -0.25) is 0 Å². The van der Waals surface area contributed by atoms with Gasteiger partial charge in [0.1, 0.15) is 5.60 Å². The number of oxime groups is 1. The molecule has 0 amide bonds. The second-order valence-corrected chi connectivity index (χ2v) is 6.54. The van der Waals surface area contributed by atoms with Crippen molar-refractivity contribution in [3.63, 3.8) is 0 Å². The second-order valence-electron chi connectivity index (χ2n) is 6.54. The molecule has 0 unspecified atom stereocenters. The van der Waals surface area contributed by atoms with Crippen LogP contribution in [0.25, 0.3) is 0 Å². The molecule has 1 N–H and O–H groups in total. The maximum Gasteiger partial charge on any atom is 0.512 e. The molecule has 3 aliphatic rings. The van der Waals surface area contributed by atoms with E-state index in [9.17, 15) is 4.79 Å². The Hall–Kier alpha value is -1.26. The van der Waals surface area contributed by atoms with Crippen molar-refractivity contribution in [3.8, 4) is 0 Å². The second kappa shape index (κ2) is 5.62. The summed E-state index contributed by atoms with van der Waals surface area (Å²) in [5.74, 6) is 1.95. The van der Waals surface area contributed by atoms with E-state index in [0.29, 0.717) is 6.42 Å². The van der Waals surface area contributed by atoms with Gasteiger partial charge in [-0.05, 0) is 37.5 Å². The minimum absolute atomic E-state index is 0.216. The first-order valence-electron chi connectivity index (χ1n) is 7.83. The van der Waals surface area contributed by atoms with Gasteiger partial charge in [0.15, 0.2) is 0 Å². The highest BCUT2D eigenvalue weighted by Gasteiger charge is 2.44. The van der Waals surface area contributed by atoms with Crippen molar-refractivity contribution < 1.29 is 19.5 Å². The number of ether oxygens (including phenoxy) is 1. The zero-order valence-corrected chi connectivity index (χ0v) is 11.8. The van der Waals surface area contributed by atoms with Gasteiger partial charge in [0.2, 0.25) is 5.90 Å². The molecule has 1 heterocycles.